The number of methoxy groups -OCH3 is 1. The van der Waals surface area contributed by atoms with Crippen molar-refractivity contribution in [2.45, 2.75) is 39.0 Å². The molecule has 0 aliphatic rings. The molecule has 0 saturated carbocycles. The zero-order valence-corrected chi connectivity index (χ0v) is 17.0. The molecule has 0 aliphatic heterocycles. The van der Waals surface area contributed by atoms with E-state index in [0.717, 1.165) is 5.56 Å². The third-order valence-electron chi connectivity index (χ3n) is 3.90. The van der Waals surface area contributed by atoms with Gasteiger partial charge >= 0.3 is 12.1 Å². The molecule has 2 amide bonds. The first-order chi connectivity index (χ1) is 13.7. The Balaban J connectivity index is 2.06. The van der Waals surface area contributed by atoms with E-state index in [-0.39, 0.29) is 12.5 Å². The number of amides is 2. The topological polar surface area (TPSA) is 93.7 Å². The Morgan fingerprint density at radius 3 is 2.14 bits per heavy atom. The molecule has 0 bridgehead atoms. The minimum atomic E-state index is -0.944. The van der Waals surface area contributed by atoms with Gasteiger partial charge in [-0.25, -0.2) is 9.59 Å². The molecule has 7 nitrogen and oxygen atoms in total. The summed E-state index contributed by atoms with van der Waals surface area (Å²) in [6, 6.07) is 14.6. The van der Waals surface area contributed by atoms with Crippen LogP contribution in [0.15, 0.2) is 54.6 Å². The van der Waals surface area contributed by atoms with E-state index in [1.54, 1.807) is 75.4 Å². The summed E-state index contributed by atoms with van der Waals surface area (Å²) in [5, 5.41) is 5.36. The molecule has 154 valence electrons. The third kappa shape index (κ3) is 6.95. The zero-order chi connectivity index (χ0) is 21.4. The fraction of sp³-hybridized carbons (Fsp3) is 0.318. The molecule has 7 heteroatoms. The van der Waals surface area contributed by atoms with Crippen LogP contribution in [0.2, 0.25) is 0 Å². The monoisotopic (exact) mass is 398 g/mol. The lowest BCUT2D eigenvalue weighted by molar-refractivity contribution is -0.143. The molecule has 29 heavy (non-hydrogen) atoms. The van der Waals surface area contributed by atoms with Gasteiger partial charge in [0.05, 0.1) is 7.11 Å². The molecule has 0 fully saturated rings. The summed E-state index contributed by atoms with van der Waals surface area (Å²) in [5.74, 6) is -0.953. The average molecular weight is 398 g/mol. The maximum absolute atomic E-state index is 12.4. The molecule has 2 aromatic rings. The Morgan fingerprint density at radius 1 is 0.966 bits per heavy atom. The maximum Gasteiger partial charge on any atom is 0.407 e. The Morgan fingerprint density at radius 2 is 1.59 bits per heavy atom. The number of esters is 1. The number of nitrogens with one attached hydrogen (secondary N) is 2. The van der Waals surface area contributed by atoms with Gasteiger partial charge in [-0.2, -0.15) is 0 Å². The normalized spacial score (nSPS) is 11.9. The molecule has 0 radical (unpaired) electrons. The second-order valence-corrected chi connectivity index (χ2v) is 7.39. The minimum absolute atomic E-state index is 0.272. The van der Waals surface area contributed by atoms with Crippen LogP contribution in [0.5, 0.6) is 0 Å². The van der Waals surface area contributed by atoms with Crippen LogP contribution in [-0.2, 0) is 20.8 Å². The standard InChI is InChI=1S/C22H26N2O5/c1-22(2,3)29-21(27)23-14-15-10-12-16(13-11-15)18(20(26)28-4)24-19(25)17-8-6-5-7-9-17/h5-13,18H,14H2,1-4H3,(H,23,27)(H,24,25). The summed E-state index contributed by atoms with van der Waals surface area (Å²) in [6.45, 7) is 5.64. The van der Waals surface area contributed by atoms with E-state index in [1.807, 2.05) is 0 Å². The number of benzene rings is 2. The molecule has 0 saturated heterocycles. The first kappa shape index (κ1) is 21.9. The first-order valence-corrected chi connectivity index (χ1v) is 9.19. The second-order valence-electron chi connectivity index (χ2n) is 7.39. The Labute approximate surface area is 170 Å². The van der Waals surface area contributed by atoms with E-state index in [4.69, 9.17) is 9.47 Å². The molecule has 1 atom stereocenters. The predicted molar refractivity (Wildman–Crippen MR) is 108 cm³/mol. The van der Waals surface area contributed by atoms with Crippen molar-refractivity contribution >= 4 is 18.0 Å². The van der Waals surface area contributed by atoms with Crippen molar-refractivity contribution in [1.82, 2.24) is 10.6 Å². The van der Waals surface area contributed by atoms with E-state index in [0.29, 0.717) is 11.1 Å². The van der Waals surface area contributed by atoms with E-state index in [2.05, 4.69) is 10.6 Å². The molecule has 2 rings (SSSR count). The first-order valence-electron chi connectivity index (χ1n) is 9.19. The van der Waals surface area contributed by atoms with Crippen LogP contribution >= 0.6 is 0 Å². The van der Waals surface area contributed by atoms with E-state index >= 15 is 0 Å². The van der Waals surface area contributed by atoms with Crippen molar-refractivity contribution in [3.8, 4) is 0 Å². The van der Waals surface area contributed by atoms with Gasteiger partial charge in [0.15, 0.2) is 6.04 Å². The molecular weight excluding hydrogens is 372 g/mol. The van der Waals surface area contributed by atoms with E-state index < -0.39 is 23.7 Å². The Hall–Kier alpha value is -3.35. The molecule has 0 aliphatic carbocycles. The number of carbonyl (C=O) groups excluding carboxylic acids is 3. The molecular formula is C22H26N2O5. The van der Waals surface area contributed by atoms with Crippen LogP contribution in [0.4, 0.5) is 4.79 Å². The molecule has 2 aromatic carbocycles. The highest BCUT2D eigenvalue weighted by molar-refractivity contribution is 5.97. The highest BCUT2D eigenvalue weighted by Crippen LogP contribution is 2.17. The van der Waals surface area contributed by atoms with Gasteiger partial charge in [-0.3, -0.25) is 4.79 Å². The van der Waals surface area contributed by atoms with Gasteiger partial charge < -0.3 is 20.1 Å². The van der Waals surface area contributed by atoms with Crippen LogP contribution in [0.25, 0.3) is 0 Å². The summed E-state index contributed by atoms with van der Waals surface area (Å²) in [6.07, 6.45) is -0.510. The second kappa shape index (κ2) is 9.73. The van der Waals surface area contributed by atoms with Gasteiger partial charge in [0.25, 0.3) is 5.91 Å². The molecule has 2 N–H and O–H groups in total. The quantitative estimate of drug-likeness (QED) is 0.728. The highest BCUT2D eigenvalue weighted by atomic mass is 16.6. The fourth-order valence-corrected chi connectivity index (χ4v) is 2.52. The van der Waals surface area contributed by atoms with Crippen LogP contribution in [-0.4, -0.2) is 30.7 Å². The SMILES string of the molecule is COC(=O)C(NC(=O)c1ccccc1)c1ccc(CNC(=O)OC(C)(C)C)cc1. The Bertz CT molecular complexity index is 842. The molecule has 1 unspecified atom stereocenters. The lowest BCUT2D eigenvalue weighted by Crippen LogP contribution is -2.34. The number of hydrogen-bond donors (Lipinski definition) is 2. The van der Waals surface area contributed by atoms with Crippen molar-refractivity contribution in [3.63, 3.8) is 0 Å². The van der Waals surface area contributed by atoms with E-state index in [1.165, 1.54) is 7.11 Å². The summed E-state index contributed by atoms with van der Waals surface area (Å²) < 4.78 is 10.0. The van der Waals surface area contributed by atoms with Crippen molar-refractivity contribution in [3.05, 3.63) is 71.3 Å². The predicted octanol–water partition coefficient (Wildman–Crippen LogP) is 3.36. The molecule has 0 heterocycles. The fourth-order valence-electron chi connectivity index (χ4n) is 2.52. The number of alkyl carbamates (subject to hydrolysis) is 1. The number of ether oxygens (including phenoxy) is 2. The lowest BCUT2D eigenvalue weighted by atomic mass is 10.0. The largest absolute Gasteiger partial charge is 0.467 e. The van der Waals surface area contributed by atoms with Crippen LogP contribution in [0.3, 0.4) is 0 Å². The summed E-state index contributed by atoms with van der Waals surface area (Å²) in [5.41, 5.74) is 1.26. The maximum atomic E-state index is 12.4. The average Bonchev–Trinajstić information content (AvgIpc) is 2.69. The number of carbonyl (C=O) groups is 3. The number of hydrogen-bond acceptors (Lipinski definition) is 5. The van der Waals surface area contributed by atoms with Gasteiger partial charge in [0.2, 0.25) is 0 Å². The molecule has 0 spiro atoms. The third-order valence-corrected chi connectivity index (χ3v) is 3.90. The zero-order valence-electron chi connectivity index (χ0n) is 17.0. The van der Waals surface area contributed by atoms with Crippen LogP contribution in [0, 0.1) is 0 Å². The van der Waals surface area contributed by atoms with Gasteiger partial charge in [0, 0.05) is 12.1 Å². The van der Waals surface area contributed by atoms with Crippen LogP contribution in [0.1, 0.15) is 48.3 Å². The van der Waals surface area contributed by atoms with Crippen molar-refractivity contribution in [1.29, 1.82) is 0 Å². The van der Waals surface area contributed by atoms with Crippen molar-refractivity contribution in [2.75, 3.05) is 7.11 Å². The summed E-state index contributed by atoms with van der Waals surface area (Å²) in [4.78, 5) is 36.4. The highest BCUT2D eigenvalue weighted by Gasteiger charge is 2.24. The van der Waals surface area contributed by atoms with Crippen molar-refractivity contribution < 1.29 is 23.9 Å². The van der Waals surface area contributed by atoms with Crippen LogP contribution < -0.4 is 10.6 Å². The smallest absolute Gasteiger partial charge is 0.407 e. The Kier molecular flexibility index (Phi) is 7.36. The van der Waals surface area contributed by atoms with E-state index in [9.17, 15) is 14.4 Å². The number of rotatable bonds is 6. The summed E-state index contributed by atoms with van der Waals surface area (Å²) in [7, 11) is 1.27. The lowest BCUT2D eigenvalue weighted by Gasteiger charge is -2.20. The minimum Gasteiger partial charge on any atom is -0.467 e. The van der Waals surface area contributed by atoms with Gasteiger partial charge in [-0.05, 0) is 44.0 Å². The van der Waals surface area contributed by atoms with Gasteiger partial charge in [0.1, 0.15) is 5.60 Å². The van der Waals surface area contributed by atoms with Gasteiger partial charge in [-0.15, -0.1) is 0 Å². The van der Waals surface area contributed by atoms with Crippen molar-refractivity contribution in [2.24, 2.45) is 0 Å². The summed E-state index contributed by atoms with van der Waals surface area (Å²) >= 11 is 0. The van der Waals surface area contributed by atoms with Gasteiger partial charge in [-0.1, -0.05) is 42.5 Å². The molecule has 0 aromatic heterocycles.